The lowest BCUT2D eigenvalue weighted by Crippen LogP contribution is -2.31. The Bertz CT molecular complexity index is 453. The Balaban J connectivity index is 1.93. The molecule has 0 saturated carbocycles. The zero-order valence-corrected chi connectivity index (χ0v) is 12.4. The Labute approximate surface area is 120 Å². The number of ether oxygens (including phenoxy) is 1. The van der Waals surface area contributed by atoms with Crippen molar-refractivity contribution in [1.29, 1.82) is 0 Å². The SMILES string of the molecule is CC1OCCC1CNC(=O)c1ccc(Cl)c(Br)c1. The van der Waals surface area contributed by atoms with E-state index in [4.69, 9.17) is 16.3 Å². The molecule has 18 heavy (non-hydrogen) atoms. The Morgan fingerprint density at radius 2 is 2.39 bits per heavy atom. The fraction of sp³-hybridized carbons (Fsp3) is 0.462. The summed E-state index contributed by atoms with van der Waals surface area (Å²) in [5.74, 6) is 0.330. The van der Waals surface area contributed by atoms with Crippen molar-refractivity contribution in [1.82, 2.24) is 5.32 Å². The number of amides is 1. The maximum Gasteiger partial charge on any atom is 0.251 e. The number of carbonyl (C=O) groups is 1. The van der Waals surface area contributed by atoms with Crippen LogP contribution in [-0.2, 0) is 4.74 Å². The van der Waals surface area contributed by atoms with Gasteiger partial charge < -0.3 is 10.1 Å². The summed E-state index contributed by atoms with van der Waals surface area (Å²) in [5.41, 5.74) is 0.609. The molecule has 2 rings (SSSR count). The highest BCUT2D eigenvalue weighted by Gasteiger charge is 2.24. The van der Waals surface area contributed by atoms with E-state index >= 15 is 0 Å². The van der Waals surface area contributed by atoms with E-state index in [-0.39, 0.29) is 12.0 Å². The minimum absolute atomic E-state index is 0.0773. The first-order valence-corrected chi connectivity index (χ1v) is 7.10. The fourth-order valence-corrected chi connectivity index (χ4v) is 2.50. The summed E-state index contributed by atoms with van der Waals surface area (Å²) in [4.78, 5) is 12.0. The van der Waals surface area contributed by atoms with Crippen molar-refractivity contribution in [3.8, 4) is 0 Å². The maximum absolute atomic E-state index is 12.0. The lowest BCUT2D eigenvalue weighted by Gasteiger charge is -2.14. The molecule has 1 aliphatic rings. The molecule has 1 aromatic rings. The van der Waals surface area contributed by atoms with E-state index in [1.807, 2.05) is 6.92 Å². The highest BCUT2D eigenvalue weighted by atomic mass is 79.9. The van der Waals surface area contributed by atoms with Gasteiger partial charge in [0.05, 0.1) is 11.1 Å². The van der Waals surface area contributed by atoms with Gasteiger partial charge >= 0.3 is 0 Å². The first kappa shape index (κ1) is 13.8. The van der Waals surface area contributed by atoms with Gasteiger partial charge in [0, 0.05) is 29.1 Å². The lowest BCUT2D eigenvalue weighted by molar-refractivity contribution is 0.0907. The zero-order valence-electron chi connectivity index (χ0n) is 10.1. The molecule has 0 radical (unpaired) electrons. The van der Waals surface area contributed by atoms with Gasteiger partial charge in [-0.1, -0.05) is 11.6 Å². The van der Waals surface area contributed by atoms with Gasteiger partial charge in [0.25, 0.3) is 5.91 Å². The lowest BCUT2D eigenvalue weighted by atomic mass is 10.0. The van der Waals surface area contributed by atoms with Gasteiger partial charge in [-0.15, -0.1) is 0 Å². The minimum atomic E-state index is -0.0773. The van der Waals surface area contributed by atoms with Crippen LogP contribution in [0.15, 0.2) is 22.7 Å². The summed E-state index contributed by atoms with van der Waals surface area (Å²) in [5, 5.41) is 3.54. The van der Waals surface area contributed by atoms with Gasteiger partial charge in [-0.2, -0.15) is 0 Å². The number of carbonyl (C=O) groups excluding carboxylic acids is 1. The van der Waals surface area contributed by atoms with Crippen molar-refractivity contribution >= 4 is 33.4 Å². The molecule has 1 fully saturated rings. The molecule has 2 unspecified atom stereocenters. The van der Waals surface area contributed by atoms with Crippen molar-refractivity contribution in [3.05, 3.63) is 33.3 Å². The third kappa shape index (κ3) is 3.25. The second-order valence-corrected chi connectivity index (χ2v) is 5.73. The highest BCUT2D eigenvalue weighted by Crippen LogP contribution is 2.23. The third-order valence-corrected chi connectivity index (χ3v) is 4.45. The molecular formula is C13H15BrClNO2. The molecule has 5 heteroatoms. The summed E-state index contributed by atoms with van der Waals surface area (Å²) in [6.07, 6.45) is 1.23. The van der Waals surface area contributed by atoms with E-state index in [1.54, 1.807) is 18.2 Å². The largest absolute Gasteiger partial charge is 0.378 e. The fourth-order valence-electron chi connectivity index (χ4n) is 2.01. The van der Waals surface area contributed by atoms with E-state index in [9.17, 15) is 4.79 Å². The van der Waals surface area contributed by atoms with Gasteiger partial charge in [-0.3, -0.25) is 4.79 Å². The first-order valence-electron chi connectivity index (χ1n) is 5.93. The standard InChI is InChI=1S/C13H15BrClNO2/c1-8-10(4-5-18-8)7-16-13(17)9-2-3-12(15)11(14)6-9/h2-3,6,8,10H,4-5,7H2,1H3,(H,16,17). The number of halogens is 2. The van der Waals surface area contributed by atoms with E-state index in [0.717, 1.165) is 17.5 Å². The molecule has 1 amide bonds. The predicted molar refractivity (Wildman–Crippen MR) is 75.0 cm³/mol. The summed E-state index contributed by atoms with van der Waals surface area (Å²) in [6.45, 7) is 3.48. The van der Waals surface area contributed by atoms with Gasteiger partial charge in [-0.25, -0.2) is 0 Å². The van der Waals surface area contributed by atoms with Crippen molar-refractivity contribution in [3.63, 3.8) is 0 Å². The first-order chi connectivity index (χ1) is 8.58. The molecule has 1 heterocycles. The Morgan fingerprint density at radius 3 is 3.00 bits per heavy atom. The van der Waals surface area contributed by atoms with Gasteiger partial charge in [-0.05, 0) is 47.5 Å². The molecule has 0 bridgehead atoms. The van der Waals surface area contributed by atoms with Gasteiger partial charge in [0.15, 0.2) is 0 Å². The second kappa shape index (κ2) is 6.04. The topological polar surface area (TPSA) is 38.3 Å². The van der Waals surface area contributed by atoms with Crippen LogP contribution >= 0.6 is 27.5 Å². The van der Waals surface area contributed by atoms with Crippen molar-refractivity contribution in [2.75, 3.05) is 13.2 Å². The zero-order chi connectivity index (χ0) is 13.1. The molecule has 1 aliphatic heterocycles. The molecule has 0 spiro atoms. The van der Waals surface area contributed by atoms with Crippen LogP contribution in [0.4, 0.5) is 0 Å². The molecular weight excluding hydrogens is 318 g/mol. The van der Waals surface area contributed by atoms with Gasteiger partial charge in [0.1, 0.15) is 0 Å². The second-order valence-electron chi connectivity index (χ2n) is 4.46. The number of hydrogen-bond donors (Lipinski definition) is 1. The summed E-state index contributed by atoms with van der Waals surface area (Å²) < 4.78 is 6.19. The average molecular weight is 333 g/mol. The van der Waals surface area contributed by atoms with Crippen molar-refractivity contribution in [2.24, 2.45) is 5.92 Å². The average Bonchev–Trinajstić information content (AvgIpc) is 2.75. The van der Waals surface area contributed by atoms with Crippen LogP contribution < -0.4 is 5.32 Å². The van der Waals surface area contributed by atoms with Crippen LogP contribution in [0, 0.1) is 5.92 Å². The summed E-state index contributed by atoms with van der Waals surface area (Å²) >= 11 is 9.20. The van der Waals surface area contributed by atoms with Gasteiger partial charge in [0.2, 0.25) is 0 Å². The Hall–Kier alpha value is -0.580. The van der Waals surface area contributed by atoms with E-state index in [0.29, 0.717) is 23.0 Å². The monoisotopic (exact) mass is 331 g/mol. The molecule has 2 atom stereocenters. The number of rotatable bonds is 3. The molecule has 1 N–H and O–H groups in total. The third-order valence-electron chi connectivity index (χ3n) is 3.24. The predicted octanol–water partition coefficient (Wildman–Crippen LogP) is 3.26. The molecule has 0 aliphatic carbocycles. The number of benzene rings is 1. The number of hydrogen-bond acceptors (Lipinski definition) is 2. The van der Waals surface area contributed by atoms with Crippen LogP contribution in [0.3, 0.4) is 0 Å². The quantitative estimate of drug-likeness (QED) is 0.922. The summed E-state index contributed by atoms with van der Waals surface area (Å²) in [6, 6.07) is 5.16. The van der Waals surface area contributed by atoms with Crippen LogP contribution in [-0.4, -0.2) is 25.2 Å². The van der Waals surface area contributed by atoms with E-state index in [1.165, 1.54) is 0 Å². The van der Waals surface area contributed by atoms with Crippen LogP contribution in [0.25, 0.3) is 0 Å². The minimum Gasteiger partial charge on any atom is -0.378 e. The van der Waals surface area contributed by atoms with Crippen molar-refractivity contribution < 1.29 is 9.53 Å². The van der Waals surface area contributed by atoms with Crippen LogP contribution in [0.2, 0.25) is 5.02 Å². The Kier molecular flexibility index (Phi) is 4.65. The number of nitrogens with one attached hydrogen (secondary N) is 1. The van der Waals surface area contributed by atoms with E-state index in [2.05, 4.69) is 21.2 Å². The normalized spacial score (nSPS) is 23.1. The van der Waals surface area contributed by atoms with Crippen LogP contribution in [0.5, 0.6) is 0 Å². The maximum atomic E-state index is 12.0. The summed E-state index contributed by atoms with van der Waals surface area (Å²) in [7, 11) is 0. The van der Waals surface area contributed by atoms with Crippen LogP contribution in [0.1, 0.15) is 23.7 Å². The molecule has 1 aromatic carbocycles. The molecule has 1 saturated heterocycles. The van der Waals surface area contributed by atoms with E-state index < -0.39 is 0 Å². The molecule has 3 nitrogen and oxygen atoms in total. The molecule has 0 aromatic heterocycles. The van der Waals surface area contributed by atoms with Crippen molar-refractivity contribution in [2.45, 2.75) is 19.4 Å². The highest BCUT2D eigenvalue weighted by molar-refractivity contribution is 9.10. The Morgan fingerprint density at radius 1 is 1.61 bits per heavy atom. The molecule has 98 valence electrons. The smallest absolute Gasteiger partial charge is 0.251 e.